The summed E-state index contributed by atoms with van der Waals surface area (Å²) in [5, 5.41) is 3.76. The van der Waals surface area contributed by atoms with Crippen molar-refractivity contribution < 1.29 is 0 Å². The summed E-state index contributed by atoms with van der Waals surface area (Å²) < 4.78 is 0. The van der Waals surface area contributed by atoms with Gasteiger partial charge in [0.05, 0.1) is 0 Å². The van der Waals surface area contributed by atoms with Crippen LogP contribution in [0.15, 0.2) is 0 Å². The van der Waals surface area contributed by atoms with Gasteiger partial charge in [0.25, 0.3) is 0 Å². The zero-order valence-corrected chi connectivity index (χ0v) is 10.3. The lowest BCUT2D eigenvalue weighted by Crippen LogP contribution is -2.41. The van der Waals surface area contributed by atoms with Gasteiger partial charge in [0.1, 0.15) is 0 Å². The first-order valence-electron chi connectivity index (χ1n) is 6.39. The Hall–Kier alpha value is -0.0400. The standard InChI is InChI=1S/C13H27N/c1-5-12-6-8-13(9-7-12)14-11(4)10(2)3/h10-14H,5-9H2,1-4H3/t11-,12?,13?/m0/s1. The normalized spacial score (nSPS) is 30.6. The van der Waals surface area contributed by atoms with Crippen LogP contribution in [-0.2, 0) is 0 Å². The van der Waals surface area contributed by atoms with Gasteiger partial charge in [0.2, 0.25) is 0 Å². The molecule has 0 aromatic carbocycles. The smallest absolute Gasteiger partial charge is 0.00698 e. The van der Waals surface area contributed by atoms with Crippen LogP contribution in [0.2, 0.25) is 0 Å². The van der Waals surface area contributed by atoms with Crippen molar-refractivity contribution in [3.63, 3.8) is 0 Å². The Morgan fingerprint density at radius 1 is 1.07 bits per heavy atom. The number of rotatable bonds is 4. The van der Waals surface area contributed by atoms with Crippen LogP contribution >= 0.6 is 0 Å². The molecule has 0 bridgehead atoms. The molecule has 1 saturated carbocycles. The summed E-state index contributed by atoms with van der Waals surface area (Å²) in [5.74, 6) is 1.78. The molecular weight excluding hydrogens is 170 g/mol. The first kappa shape index (κ1) is 12.0. The van der Waals surface area contributed by atoms with Crippen molar-refractivity contribution in [3.05, 3.63) is 0 Å². The Kier molecular flexibility index (Phi) is 4.94. The summed E-state index contributed by atoms with van der Waals surface area (Å²) in [5.41, 5.74) is 0. The van der Waals surface area contributed by atoms with E-state index in [4.69, 9.17) is 0 Å². The highest BCUT2D eigenvalue weighted by Crippen LogP contribution is 2.26. The highest BCUT2D eigenvalue weighted by Gasteiger charge is 2.21. The van der Waals surface area contributed by atoms with Crippen molar-refractivity contribution in [1.29, 1.82) is 0 Å². The molecule has 0 radical (unpaired) electrons. The largest absolute Gasteiger partial charge is 0.311 e. The van der Waals surface area contributed by atoms with E-state index < -0.39 is 0 Å². The summed E-state index contributed by atoms with van der Waals surface area (Å²) in [6.07, 6.45) is 7.07. The number of hydrogen-bond acceptors (Lipinski definition) is 1. The molecule has 0 unspecified atom stereocenters. The van der Waals surface area contributed by atoms with Gasteiger partial charge in [0, 0.05) is 12.1 Å². The van der Waals surface area contributed by atoms with Crippen LogP contribution in [0, 0.1) is 11.8 Å². The van der Waals surface area contributed by atoms with Gasteiger partial charge in [-0.15, -0.1) is 0 Å². The summed E-state index contributed by atoms with van der Waals surface area (Å²) in [6, 6.07) is 1.48. The van der Waals surface area contributed by atoms with E-state index in [1.807, 2.05) is 0 Å². The monoisotopic (exact) mass is 197 g/mol. The summed E-state index contributed by atoms with van der Waals surface area (Å²) >= 11 is 0. The SMILES string of the molecule is CCC1CCC(N[C@@H](C)C(C)C)CC1. The van der Waals surface area contributed by atoms with Crippen LogP contribution in [0.4, 0.5) is 0 Å². The molecule has 84 valence electrons. The third kappa shape index (κ3) is 3.61. The molecule has 1 aliphatic rings. The quantitative estimate of drug-likeness (QED) is 0.726. The van der Waals surface area contributed by atoms with Crippen molar-refractivity contribution in [3.8, 4) is 0 Å². The minimum Gasteiger partial charge on any atom is -0.311 e. The van der Waals surface area contributed by atoms with E-state index in [0.29, 0.717) is 6.04 Å². The van der Waals surface area contributed by atoms with Gasteiger partial charge in [-0.2, -0.15) is 0 Å². The average Bonchev–Trinajstić information content (AvgIpc) is 2.19. The van der Waals surface area contributed by atoms with Gasteiger partial charge in [0.15, 0.2) is 0 Å². The van der Waals surface area contributed by atoms with Crippen LogP contribution in [0.5, 0.6) is 0 Å². The first-order chi connectivity index (χ1) is 6.63. The third-order valence-corrected chi connectivity index (χ3v) is 3.92. The molecule has 1 N–H and O–H groups in total. The molecule has 14 heavy (non-hydrogen) atoms. The molecule has 1 rings (SSSR count). The van der Waals surface area contributed by atoms with Crippen LogP contribution < -0.4 is 5.32 Å². The van der Waals surface area contributed by atoms with Crippen LogP contribution in [0.1, 0.15) is 59.8 Å². The van der Waals surface area contributed by atoms with E-state index >= 15 is 0 Å². The maximum Gasteiger partial charge on any atom is 0.00698 e. The second-order valence-corrected chi connectivity index (χ2v) is 5.33. The van der Waals surface area contributed by atoms with Crippen molar-refractivity contribution in [2.45, 2.75) is 71.9 Å². The highest BCUT2D eigenvalue weighted by molar-refractivity contribution is 4.79. The third-order valence-electron chi connectivity index (χ3n) is 3.92. The zero-order chi connectivity index (χ0) is 10.6. The summed E-state index contributed by atoms with van der Waals surface area (Å²) in [7, 11) is 0. The van der Waals surface area contributed by atoms with Crippen LogP contribution in [0.25, 0.3) is 0 Å². The fraction of sp³-hybridized carbons (Fsp3) is 1.00. The predicted octanol–water partition coefficient (Wildman–Crippen LogP) is 3.59. The van der Waals surface area contributed by atoms with E-state index in [-0.39, 0.29) is 0 Å². The molecule has 0 aromatic rings. The van der Waals surface area contributed by atoms with Crippen molar-refractivity contribution >= 4 is 0 Å². The second kappa shape index (κ2) is 5.75. The van der Waals surface area contributed by atoms with Crippen LogP contribution in [0.3, 0.4) is 0 Å². The van der Waals surface area contributed by atoms with E-state index in [1.165, 1.54) is 32.1 Å². The Bertz CT molecular complexity index is 145. The van der Waals surface area contributed by atoms with Crippen molar-refractivity contribution in [2.75, 3.05) is 0 Å². The van der Waals surface area contributed by atoms with Gasteiger partial charge in [-0.3, -0.25) is 0 Å². The molecule has 0 aliphatic heterocycles. The number of nitrogens with one attached hydrogen (secondary N) is 1. The zero-order valence-electron chi connectivity index (χ0n) is 10.3. The van der Waals surface area contributed by atoms with E-state index in [2.05, 4.69) is 33.0 Å². The molecule has 0 amide bonds. The Morgan fingerprint density at radius 2 is 1.64 bits per heavy atom. The Morgan fingerprint density at radius 3 is 2.07 bits per heavy atom. The Balaban J connectivity index is 2.22. The molecular formula is C13H27N. The lowest BCUT2D eigenvalue weighted by atomic mass is 9.84. The molecule has 1 fully saturated rings. The summed E-state index contributed by atoms with van der Waals surface area (Å²) in [6.45, 7) is 9.25. The van der Waals surface area contributed by atoms with Gasteiger partial charge in [-0.1, -0.05) is 27.2 Å². The first-order valence-corrected chi connectivity index (χ1v) is 6.39. The maximum atomic E-state index is 3.76. The molecule has 0 spiro atoms. The second-order valence-electron chi connectivity index (χ2n) is 5.33. The fourth-order valence-corrected chi connectivity index (χ4v) is 2.30. The molecule has 1 heteroatoms. The average molecular weight is 197 g/mol. The fourth-order valence-electron chi connectivity index (χ4n) is 2.30. The topological polar surface area (TPSA) is 12.0 Å². The van der Waals surface area contributed by atoms with Gasteiger partial charge in [-0.05, 0) is 44.4 Å². The van der Waals surface area contributed by atoms with E-state index in [1.54, 1.807) is 0 Å². The molecule has 0 saturated heterocycles. The Labute approximate surface area is 89.7 Å². The van der Waals surface area contributed by atoms with Crippen LogP contribution in [-0.4, -0.2) is 12.1 Å². The molecule has 1 nitrogen and oxygen atoms in total. The van der Waals surface area contributed by atoms with Crippen molar-refractivity contribution in [2.24, 2.45) is 11.8 Å². The lowest BCUT2D eigenvalue weighted by Gasteiger charge is -2.32. The molecule has 1 atom stereocenters. The maximum absolute atomic E-state index is 3.76. The number of hydrogen-bond donors (Lipinski definition) is 1. The molecule has 1 aliphatic carbocycles. The summed E-state index contributed by atoms with van der Waals surface area (Å²) in [4.78, 5) is 0. The van der Waals surface area contributed by atoms with Gasteiger partial charge < -0.3 is 5.32 Å². The lowest BCUT2D eigenvalue weighted by molar-refractivity contribution is 0.256. The predicted molar refractivity (Wildman–Crippen MR) is 63.5 cm³/mol. The molecule has 0 heterocycles. The van der Waals surface area contributed by atoms with Crippen molar-refractivity contribution in [1.82, 2.24) is 5.32 Å². The van der Waals surface area contributed by atoms with Gasteiger partial charge >= 0.3 is 0 Å². The van der Waals surface area contributed by atoms with E-state index in [0.717, 1.165) is 17.9 Å². The minimum atomic E-state index is 0.679. The molecule has 0 aromatic heterocycles. The van der Waals surface area contributed by atoms with Gasteiger partial charge in [-0.25, -0.2) is 0 Å². The van der Waals surface area contributed by atoms with E-state index in [9.17, 15) is 0 Å². The highest BCUT2D eigenvalue weighted by atomic mass is 14.9. The minimum absolute atomic E-state index is 0.679.